The predicted molar refractivity (Wildman–Crippen MR) is 77.4 cm³/mol. The normalized spacial score (nSPS) is 31.5. The molecule has 20 heavy (non-hydrogen) atoms. The van der Waals surface area contributed by atoms with Gasteiger partial charge in [0.15, 0.2) is 0 Å². The summed E-state index contributed by atoms with van der Waals surface area (Å²) in [6.07, 6.45) is 0.985. The van der Waals surface area contributed by atoms with Crippen molar-refractivity contribution in [3.8, 4) is 5.75 Å². The highest BCUT2D eigenvalue weighted by Crippen LogP contribution is 2.52. The van der Waals surface area contributed by atoms with E-state index < -0.39 is 0 Å². The van der Waals surface area contributed by atoms with Gasteiger partial charge in [0, 0.05) is 11.6 Å². The summed E-state index contributed by atoms with van der Waals surface area (Å²) in [6, 6.07) is 8.10. The van der Waals surface area contributed by atoms with Crippen LogP contribution in [0.25, 0.3) is 0 Å². The summed E-state index contributed by atoms with van der Waals surface area (Å²) in [7, 11) is 1.67. The minimum absolute atomic E-state index is 0.0829. The summed E-state index contributed by atoms with van der Waals surface area (Å²) < 4.78 is 5.45. The van der Waals surface area contributed by atoms with Gasteiger partial charge < -0.3 is 9.64 Å². The van der Waals surface area contributed by atoms with Crippen LogP contribution in [-0.2, 0) is 4.79 Å². The van der Waals surface area contributed by atoms with Gasteiger partial charge >= 0.3 is 0 Å². The summed E-state index contributed by atoms with van der Waals surface area (Å²) in [6.45, 7) is 6.36. The Bertz CT molecular complexity index is 541. The minimum atomic E-state index is -0.138. The monoisotopic (exact) mass is 274 g/mol. The minimum Gasteiger partial charge on any atom is -0.496 e. The Hall–Kier alpha value is -1.55. The molecule has 1 saturated carbocycles. The van der Waals surface area contributed by atoms with Crippen LogP contribution in [-0.4, -0.2) is 30.0 Å². The van der Waals surface area contributed by atoms with E-state index in [4.69, 9.17) is 4.74 Å². The van der Waals surface area contributed by atoms with E-state index in [2.05, 4.69) is 19.2 Å². The maximum absolute atomic E-state index is 12.5. The molecule has 0 aromatic heterocycles. The first kappa shape index (κ1) is 13.4. The predicted octanol–water partition coefficient (Wildman–Crippen LogP) is 2.31. The molecule has 3 unspecified atom stereocenters. The van der Waals surface area contributed by atoms with E-state index in [-0.39, 0.29) is 23.5 Å². The Kier molecular flexibility index (Phi) is 3.01. The second-order valence-electron chi connectivity index (χ2n) is 6.49. The molecule has 3 rings (SSSR count). The zero-order chi connectivity index (χ0) is 14.5. The van der Waals surface area contributed by atoms with Crippen LogP contribution >= 0.6 is 0 Å². The lowest BCUT2D eigenvalue weighted by molar-refractivity contribution is -0.130. The second-order valence-corrected chi connectivity index (χ2v) is 6.49. The lowest BCUT2D eigenvalue weighted by atomic mass is 10.1. The summed E-state index contributed by atoms with van der Waals surface area (Å²) >= 11 is 0. The molecule has 2 fully saturated rings. The molecular formula is C16H22N2O2. The van der Waals surface area contributed by atoms with Crippen LogP contribution < -0.4 is 10.1 Å². The van der Waals surface area contributed by atoms with Crippen LogP contribution in [0.4, 0.5) is 0 Å². The molecule has 1 aromatic rings. The van der Waals surface area contributed by atoms with Crippen LogP contribution in [0.3, 0.4) is 0 Å². The van der Waals surface area contributed by atoms with E-state index in [0.717, 1.165) is 17.7 Å². The number of rotatable bonds is 3. The third-order valence-corrected chi connectivity index (χ3v) is 4.54. The Balaban J connectivity index is 1.97. The number of amides is 1. The van der Waals surface area contributed by atoms with Gasteiger partial charge in [-0.3, -0.25) is 10.1 Å². The molecule has 4 nitrogen and oxygen atoms in total. The number of carbonyl (C=O) groups excluding carboxylic acids is 1. The number of ether oxygens (including phenoxy) is 1. The van der Waals surface area contributed by atoms with Gasteiger partial charge in [-0.05, 0) is 24.8 Å². The number of methoxy groups -OCH3 is 1. The van der Waals surface area contributed by atoms with E-state index in [0.29, 0.717) is 6.04 Å². The van der Waals surface area contributed by atoms with Crippen molar-refractivity contribution in [2.45, 2.75) is 45.4 Å². The first-order chi connectivity index (χ1) is 9.45. The molecule has 108 valence electrons. The van der Waals surface area contributed by atoms with Crippen molar-refractivity contribution in [2.75, 3.05) is 7.11 Å². The van der Waals surface area contributed by atoms with Crippen molar-refractivity contribution >= 4 is 5.91 Å². The van der Waals surface area contributed by atoms with Gasteiger partial charge in [-0.2, -0.15) is 0 Å². The first-order valence-electron chi connectivity index (χ1n) is 7.17. The quantitative estimate of drug-likeness (QED) is 0.919. The van der Waals surface area contributed by atoms with Crippen molar-refractivity contribution < 1.29 is 9.53 Å². The molecule has 0 spiro atoms. The molecule has 0 radical (unpaired) electrons. The maximum Gasteiger partial charge on any atom is 0.241 e. The van der Waals surface area contributed by atoms with Gasteiger partial charge in [-0.15, -0.1) is 0 Å². The SMILES string of the molecule is COc1ccccc1C1NC(C)C(=O)N1C1CC1(C)C. The van der Waals surface area contributed by atoms with E-state index in [9.17, 15) is 4.79 Å². The summed E-state index contributed by atoms with van der Waals surface area (Å²) in [5.41, 5.74) is 1.26. The summed E-state index contributed by atoms with van der Waals surface area (Å²) in [4.78, 5) is 14.5. The van der Waals surface area contributed by atoms with Crippen LogP contribution in [0.5, 0.6) is 5.75 Å². The smallest absolute Gasteiger partial charge is 0.241 e. The fraction of sp³-hybridized carbons (Fsp3) is 0.562. The molecule has 1 aliphatic carbocycles. The standard InChI is InChI=1S/C16H22N2O2/c1-10-15(19)18(13-9-16(13,2)3)14(17-10)11-7-5-6-8-12(11)20-4/h5-8,10,13-14,17H,9H2,1-4H3. The van der Waals surface area contributed by atoms with Gasteiger partial charge in [-0.1, -0.05) is 32.0 Å². The number of para-hydroxylation sites is 1. The number of hydrogen-bond acceptors (Lipinski definition) is 3. The highest BCUT2D eigenvalue weighted by Gasteiger charge is 2.56. The molecule has 1 aliphatic heterocycles. The first-order valence-corrected chi connectivity index (χ1v) is 7.17. The van der Waals surface area contributed by atoms with E-state index in [1.54, 1.807) is 7.11 Å². The van der Waals surface area contributed by atoms with Gasteiger partial charge in [0.1, 0.15) is 11.9 Å². The van der Waals surface area contributed by atoms with E-state index >= 15 is 0 Å². The van der Waals surface area contributed by atoms with Crippen molar-refractivity contribution in [3.05, 3.63) is 29.8 Å². The summed E-state index contributed by atoms with van der Waals surface area (Å²) in [5, 5.41) is 3.40. The lowest BCUT2D eigenvalue weighted by Crippen LogP contribution is -2.35. The molecule has 1 N–H and O–H groups in total. The Labute approximate surface area is 120 Å². The van der Waals surface area contributed by atoms with Crippen LogP contribution in [0.1, 0.15) is 38.9 Å². The number of nitrogens with one attached hydrogen (secondary N) is 1. The second kappa shape index (κ2) is 4.48. The van der Waals surface area contributed by atoms with Gasteiger partial charge in [-0.25, -0.2) is 0 Å². The number of carbonyl (C=O) groups is 1. The van der Waals surface area contributed by atoms with Crippen molar-refractivity contribution in [1.82, 2.24) is 10.2 Å². The van der Waals surface area contributed by atoms with Gasteiger partial charge in [0.25, 0.3) is 0 Å². The topological polar surface area (TPSA) is 41.6 Å². The average Bonchev–Trinajstić information content (AvgIpc) is 2.94. The molecule has 1 saturated heterocycles. The highest BCUT2D eigenvalue weighted by molar-refractivity contribution is 5.85. The molecule has 4 heteroatoms. The fourth-order valence-electron chi connectivity index (χ4n) is 3.12. The molecule has 1 amide bonds. The van der Waals surface area contributed by atoms with Crippen molar-refractivity contribution in [2.24, 2.45) is 5.41 Å². The molecule has 2 aliphatic rings. The number of benzene rings is 1. The molecule has 0 bridgehead atoms. The molecular weight excluding hydrogens is 252 g/mol. The van der Waals surface area contributed by atoms with Gasteiger partial charge in [0.2, 0.25) is 5.91 Å². The molecule has 1 heterocycles. The number of nitrogens with zero attached hydrogens (tertiary/aromatic N) is 1. The van der Waals surface area contributed by atoms with Crippen molar-refractivity contribution in [1.29, 1.82) is 0 Å². The van der Waals surface area contributed by atoms with Crippen LogP contribution in [0, 0.1) is 5.41 Å². The van der Waals surface area contributed by atoms with Gasteiger partial charge in [0.05, 0.1) is 13.2 Å². The van der Waals surface area contributed by atoms with Crippen LogP contribution in [0.2, 0.25) is 0 Å². The third kappa shape index (κ3) is 1.99. The highest BCUT2D eigenvalue weighted by atomic mass is 16.5. The molecule has 3 atom stereocenters. The fourth-order valence-corrected chi connectivity index (χ4v) is 3.12. The zero-order valence-corrected chi connectivity index (χ0v) is 12.5. The largest absolute Gasteiger partial charge is 0.496 e. The van der Waals surface area contributed by atoms with E-state index in [1.807, 2.05) is 36.1 Å². The number of hydrogen-bond donors (Lipinski definition) is 1. The zero-order valence-electron chi connectivity index (χ0n) is 12.5. The molecule has 1 aromatic carbocycles. The van der Waals surface area contributed by atoms with Crippen LogP contribution in [0.15, 0.2) is 24.3 Å². The summed E-state index contributed by atoms with van der Waals surface area (Å²) in [5.74, 6) is 1.02. The Morgan fingerprint density at radius 1 is 1.35 bits per heavy atom. The van der Waals surface area contributed by atoms with Crippen molar-refractivity contribution in [3.63, 3.8) is 0 Å². The van der Waals surface area contributed by atoms with E-state index in [1.165, 1.54) is 0 Å². The maximum atomic E-state index is 12.5. The lowest BCUT2D eigenvalue weighted by Gasteiger charge is -2.27. The Morgan fingerprint density at radius 3 is 2.60 bits per heavy atom. The average molecular weight is 274 g/mol. The third-order valence-electron chi connectivity index (χ3n) is 4.54. The Morgan fingerprint density at radius 2 is 2.00 bits per heavy atom.